The molecule has 2 nitrogen and oxygen atoms in total. The van der Waals surface area contributed by atoms with E-state index in [1.165, 1.54) is 6.20 Å². The van der Waals surface area contributed by atoms with Gasteiger partial charge in [0.05, 0.1) is 0 Å². The van der Waals surface area contributed by atoms with E-state index in [9.17, 15) is 0 Å². The van der Waals surface area contributed by atoms with Gasteiger partial charge in [0.2, 0.25) is 0 Å². The third kappa shape index (κ3) is 2.08. The number of rotatable bonds is 0. The fourth-order valence-corrected chi connectivity index (χ4v) is 0.331. The molecule has 0 amide bonds. The molecule has 1 aromatic heterocycles. The summed E-state index contributed by atoms with van der Waals surface area (Å²) in [5, 5.41) is 0. The molecule has 0 aromatic carbocycles. The van der Waals surface area contributed by atoms with Crippen LogP contribution in [0.3, 0.4) is 0 Å². The number of anilines is 1. The number of hydrogen-bond acceptors (Lipinski definition) is 2. The van der Waals surface area contributed by atoms with Gasteiger partial charge in [-0.2, -0.15) is 6.07 Å². The van der Waals surface area contributed by atoms with Gasteiger partial charge in [0, 0.05) is 26.9 Å². The van der Waals surface area contributed by atoms with E-state index in [0.717, 1.165) is 0 Å². The Balaban J connectivity index is 0.000000490. The average Bonchev–Trinajstić information content (AvgIpc) is 1.69. The Bertz CT molecular complexity index is 140. The van der Waals surface area contributed by atoms with Crippen LogP contribution in [0.25, 0.3) is 0 Å². The van der Waals surface area contributed by atoms with Crippen molar-refractivity contribution in [2.45, 2.75) is 0 Å². The van der Waals surface area contributed by atoms with Crippen LogP contribution in [0.15, 0.2) is 18.3 Å². The Hall–Kier alpha value is -0.362. The quantitative estimate of drug-likeness (QED) is 0.700. The molecule has 3 heteroatoms. The zero-order chi connectivity index (χ0) is 5.11. The van der Waals surface area contributed by atoms with Crippen LogP contribution in [0, 0.1) is 6.07 Å². The normalized spacial score (nSPS) is 7.50. The zero-order valence-corrected chi connectivity index (χ0v) is 7.10. The predicted molar refractivity (Wildman–Crippen MR) is 27.5 cm³/mol. The fraction of sp³-hybridized carbons (Fsp3) is 0. The molecule has 2 N–H and O–H groups in total. The monoisotopic (exact) mass is 277 g/mol. The van der Waals surface area contributed by atoms with Crippen LogP contribution in [-0.2, 0) is 21.1 Å². The average molecular weight is 277 g/mol. The van der Waals surface area contributed by atoms with E-state index in [1.807, 2.05) is 0 Å². The fourth-order valence-electron chi connectivity index (χ4n) is 0.331. The standard InChI is InChI=1S/C5H5N2.W/c6-5-3-1-2-4-7-5;/h1,3-4H,(H2,6,7);/q-1;. The molecule has 0 bridgehead atoms. The molecule has 1 heterocycles. The maximum Gasteiger partial charge on any atom is 0.0381 e. The van der Waals surface area contributed by atoms with E-state index in [4.69, 9.17) is 5.73 Å². The van der Waals surface area contributed by atoms with Crippen LogP contribution in [0.1, 0.15) is 0 Å². The molecule has 0 saturated heterocycles. The van der Waals surface area contributed by atoms with Gasteiger partial charge in [0.15, 0.2) is 0 Å². The summed E-state index contributed by atoms with van der Waals surface area (Å²) in [5.74, 6) is 0.541. The first-order valence-corrected chi connectivity index (χ1v) is 1.97. The Labute approximate surface area is 62.4 Å². The molecule has 42 valence electrons. The minimum atomic E-state index is 0. The summed E-state index contributed by atoms with van der Waals surface area (Å²) in [6.07, 6.45) is 1.54. The van der Waals surface area contributed by atoms with Gasteiger partial charge in [0.25, 0.3) is 0 Å². The second kappa shape index (κ2) is 3.62. The maximum absolute atomic E-state index is 5.23. The molecule has 0 atom stereocenters. The van der Waals surface area contributed by atoms with Gasteiger partial charge in [-0.1, -0.05) is 6.20 Å². The molecule has 0 unspecified atom stereocenters. The summed E-state index contributed by atoms with van der Waals surface area (Å²) in [6.45, 7) is 0. The number of pyridine rings is 1. The summed E-state index contributed by atoms with van der Waals surface area (Å²) in [5.41, 5.74) is 5.23. The second-order valence-corrected chi connectivity index (χ2v) is 1.18. The van der Waals surface area contributed by atoms with Crippen LogP contribution in [0.4, 0.5) is 5.82 Å². The minimum Gasteiger partial charge on any atom is -0.399 e. The molecule has 0 saturated carbocycles. The van der Waals surface area contributed by atoms with Crippen molar-refractivity contribution in [3.8, 4) is 0 Å². The molecular weight excluding hydrogens is 272 g/mol. The van der Waals surface area contributed by atoms with Crippen molar-refractivity contribution in [1.29, 1.82) is 0 Å². The molecule has 0 radical (unpaired) electrons. The molecule has 8 heavy (non-hydrogen) atoms. The van der Waals surface area contributed by atoms with Crippen molar-refractivity contribution in [3.05, 3.63) is 24.4 Å². The Morgan fingerprint density at radius 3 is 2.62 bits per heavy atom. The number of nitrogens with two attached hydrogens (primary N) is 1. The van der Waals surface area contributed by atoms with E-state index in [2.05, 4.69) is 11.1 Å². The molecule has 0 aliphatic heterocycles. The van der Waals surface area contributed by atoms with Gasteiger partial charge < -0.3 is 5.73 Å². The number of nitrogens with zero attached hydrogens (tertiary/aromatic N) is 1. The Morgan fingerprint density at radius 1 is 1.62 bits per heavy atom. The van der Waals surface area contributed by atoms with Crippen LogP contribution < -0.4 is 5.73 Å². The SMILES string of the molecule is Nc1cc[c-]cn1.[W]. The summed E-state index contributed by atoms with van der Waals surface area (Å²) < 4.78 is 0. The van der Waals surface area contributed by atoms with Crippen LogP contribution >= 0.6 is 0 Å². The van der Waals surface area contributed by atoms with Gasteiger partial charge in [-0.05, 0) is 0 Å². The van der Waals surface area contributed by atoms with Gasteiger partial charge in [0.1, 0.15) is 0 Å². The molecule has 0 fully saturated rings. The number of hydrogen-bond donors (Lipinski definition) is 1. The maximum atomic E-state index is 5.23. The van der Waals surface area contributed by atoms with Crippen LogP contribution in [0.2, 0.25) is 0 Å². The summed E-state index contributed by atoms with van der Waals surface area (Å²) in [6, 6.07) is 6.16. The van der Waals surface area contributed by atoms with Crippen LogP contribution in [-0.4, -0.2) is 4.98 Å². The number of aromatic nitrogens is 1. The summed E-state index contributed by atoms with van der Waals surface area (Å²) >= 11 is 0. The Kier molecular flexibility index (Phi) is 3.45. The van der Waals surface area contributed by atoms with Gasteiger partial charge in [-0.15, -0.1) is 0 Å². The first kappa shape index (κ1) is 7.64. The molecule has 0 aliphatic rings. The van der Waals surface area contributed by atoms with E-state index in [1.54, 1.807) is 12.1 Å². The predicted octanol–water partition coefficient (Wildman–Crippen LogP) is 0.461. The first-order chi connectivity index (χ1) is 3.39. The molecule has 0 aliphatic carbocycles. The number of nitrogen functional groups attached to an aromatic ring is 1. The van der Waals surface area contributed by atoms with Crippen LogP contribution in [0.5, 0.6) is 0 Å². The van der Waals surface area contributed by atoms with Crippen molar-refractivity contribution in [3.63, 3.8) is 0 Å². The second-order valence-electron chi connectivity index (χ2n) is 1.18. The van der Waals surface area contributed by atoms with E-state index >= 15 is 0 Å². The topological polar surface area (TPSA) is 38.9 Å². The summed E-state index contributed by atoms with van der Waals surface area (Å²) in [7, 11) is 0. The van der Waals surface area contributed by atoms with E-state index < -0.39 is 0 Å². The van der Waals surface area contributed by atoms with Crippen molar-refractivity contribution >= 4 is 5.82 Å². The molecular formula is C5H5N2W-. The van der Waals surface area contributed by atoms with Gasteiger partial charge in [-0.3, -0.25) is 4.98 Å². The largest absolute Gasteiger partial charge is 0.399 e. The van der Waals surface area contributed by atoms with Crippen molar-refractivity contribution < 1.29 is 21.1 Å². The third-order valence-corrected chi connectivity index (χ3v) is 0.638. The van der Waals surface area contributed by atoms with Crippen molar-refractivity contribution in [1.82, 2.24) is 4.98 Å². The zero-order valence-electron chi connectivity index (χ0n) is 4.16. The summed E-state index contributed by atoms with van der Waals surface area (Å²) in [4.78, 5) is 3.70. The smallest absolute Gasteiger partial charge is 0.0381 e. The molecule has 1 aromatic rings. The minimum absolute atomic E-state index is 0. The Morgan fingerprint density at radius 2 is 2.38 bits per heavy atom. The molecule has 0 spiro atoms. The van der Waals surface area contributed by atoms with Gasteiger partial charge >= 0.3 is 0 Å². The van der Waals surface area contributed by atoms with Crippen molar-refractivity contribution in [2.24, 2.45) is 0 Å². The van der Waals surface area contributed by atoms with E-state index in [0.29, 0.717) is 5.82 Å². The molecule has 1 rings (SSSR count). The van der Waals surface area contributed by atoms with Crippen molar-refractivity contribution in [2.75, 3.05) is 5.73 Å². The van der Waals surface area contributed by atoms with E-state index in [-0.39, 0.29) is 21.1 Å². The third-order valence-electron chi connectivity index (χ3n) is 0.638. The van der Waals surface area contributed by atoms with Gasteiger partial charge in [-0.25, -0.2) is 12.1 Å². The first-order valence-electron chi connectivity index (χ1n) is 1.97.